The topological polar surface area (TPSA) is 38.7 Å². The van der Waals surface area contributed by atoms with Gasteiger partial charge in [-0.3, -0.25) is 0 Å². The summed E-state index contributed by atoms with van der Waals surface area (Å²) >= 11 is 3.54. The molecule has 0 radical (unpaired) electrons. The number of aromatic nitrogens is 3. The van der Waals surface area contributed by atoms with Gasteiger partial charge >= 0.3 is 0 Å². The number of hydrogen-bond donors (Lipinski definition) is 0. The minimum Gasteiger partial charge on any atom is -0.236 e. The molecule has 244 valence electrons. The van der Waals surface area contributed by atoms with Crippen LogP contribution in [0.1, 0.15) is 0 Å². The van der Waals surface area contributed by atoms with Gasteiger partial charge in [-0.05, 0) is 64.7 Å². The predicted molar refractivity (Wildman–Crippen MR) is 221 cm³/mol. The van der Waals surface area contributed by atoms with Crippen molar-refractivity contribution in [2.45, 2.75) is 0 Å². The number of benzene rings is 7. The zero-order valence-electron chi connectivity index (χ0n) is 27.9. The summed E-state index contributed by atoms with van der Waals surface area (Å²) in [5.74, 6) is 0.709. The molecule has 0 spiro atoms. The normalized spacial score (nSPS) is 11.5. The van der Waals surface area contributed by atoms with Crippen molar-refractivity contribution in [1.29, 1.82) is 0 Å². The van der Waals surface area contributed by atoms with Crippen molar-refractivity contribution in [1.82, 2.24) is 15.0 Å². The van der Waals surface area contributed by atoms with Crippen molar-refractivity contribution in [3.63, 3.8) is 0 Å². The van der Waals surface area contributed by atoms with Crippen LogP contribution in [0, 0.1) is 0 Å². The number of thiazole rings is 1. The molecule has 0 saturated carbocycles. The highest BCUT2D eigenvalue weighted by molar-refractivity contribution is 7.26. The van der Waals surface area contributed by atoms with E-state index in [1.807, 2.05) is 23.5 Å². The second-order valence-electron chi connectivity index (χ2n) is 12.8. The first-order valence-electron chi connectivity index (χ1n) is 17.3. The monoisotopic (exact) mass is 699 g/mol. The molecule has 0 aliphatic heterocycles. The van der Waals surface area contributed by atoms with E-state index in [-0.39, 0.29) is 0 Å². The third-order valence-electron chi connectivity index (χ3n) is 9.56. The van der Waals surface area contributed by atoms with E-state index >= 15 is 0 Å². The minimum atomic E-state index is 0.709. The first-order chi connectivity index (χ1) is 25.7. The van der Waals surface area contributed by atoms with Crippen LogP contribution < -0.4 is 0 Å². The molecule has 3 nitrogen and oxygen atoms in total. The van der Waals surface area contributed by atoms with E-state index in [1.165, 1.54) is 41.6 Å². The second kappa shape index (κ2) is 12.8. The lowest BCUT2D eigenvalue weighted by atomic mass is 9.99. The molecule has 52 heavy (non-hydrogen) atoms. The van der Waals surface area contributed by atoms with Crippen LogP contribution in [0.4, 0.5) is 0 Å². The quantitative estimate of drug-likeness (QED) is 0.173. The third-order valence-corrected chi connectivity index (χ3v) is 11.8. The largest absolute Gasteiger partial charge is 0.236 e. The molecule has 0 N–H and O–H groups in total. The zero-order chi connectivity index (χ0) is 34.4. The summed E-state index contributed by atoms with van der Waals surface area (Å²) in [6, 6.07) is 62.0. The Bertz CT molecular complexity index is 2860. The zero-order valence-corrected chi connectivity index (χ0v) is 29.5. The SMILES string of the molecule is c1ccc(-c2ccc(-c3cc(-c4cccc(-c5ccccc5)c4)nc(-c4cccc5sc6ccc(-c7nc8ccccc8s7)cc6c45)n3)cc2)cc1. The summed E-state index contributed by atoms with van der Waals surface area (Å²) < 4.78 is 3.64. The van der Waals surface area contributed by atoms with Crippen molar-refractivity contribution >= 4 is 53.1 Å². The molecule has 0 atom stereocenters. The van der Waals surface area contributed by atoms with Gasteiger partial charge in [-0.2, -0.15) is 0 Å². The van der Waals surface area contributed by atoms with Gasteiger partial charge in [-0.25, -0.2) is 15.0 Å². The van der Waals surface area contributed by atoms with Crippen LogP contribution in [0.3, 0.4) is 0 Å². The Labute approximate surface area is 309 Å². The molecule has 0 aliphatic carbocycles. The van der Waals surface area contributed by atoms with Crippen LogP contribution in [-0.4, -0.2) is 15.0 Å². The highest BCUT2D eigenvalue weighted by atomic mass is 32.1. The Hall–Kier alpha value is -6.27. The standard InChI is InChI=1S/C47H29N3S2/c1-3-11-30(12-4-1)32-21-23-33(24-22-32)40-29-41(35-16-9-15-34(27-35)31-13-5-2-6-14-31)49-46(48-40)37-17-10-20-44-45(37)38-28-36(25-26-42(38)51-44)47-50-39-18-7-8-19-43(39)52-47/h1-29H. The number of thiophene rings is 1. The Morgan fingerprint density at radius 2 is 0.942 bits per heavy atom. The summed E-state index contributed by atoms with van der Waals surface area (Å²) in [6.07, 6.45) is 0. The molecule has 0 aliphatic rings. The molecule has 0 bridgehead atoms. The van der Waals surface area contributed by atoms with Crippen LogP contribution in [0.2, 0.25) is 0 Å². The van der Waals surface area contributed by atoms with Gasteiger partial charge in [-0.1, -0.05) is 133 Å². The first kappa shape index (κ1) is 30.5. The van der Waals surface area contributed by atoms with Crippen LogP contribution >= 0.6 is 22.7 Å². The molecule has 0 amide bonds. The lowest BCUT2D eigenvalue weighted by Gasteiger charge is -2.12. The van der Waals surface area contributed by atoms with Gasteiger partial charge < -0.3 is 0 Å². The minimum absolute atomic E-state index is 0.709. The van der Waals surface area contributed by atoms with Gasteiger partial charge in [-0.15, -0.1) is 22.7 Å². The molecular weight excluding hydrogens is 671 g/mol. The number of hydrogen-bond acceptors (Lipinski definition) is 5. The molecule has 10 rings (SSSR count). The molecular formula is C47H29N3S2. The summed E-state index contributed by atoms with van der Waals surface area (Å²) in [6.45, 7) is 0. The van der Waals surface area contributed by atoms with Gasteiger partial charge in [0.05, 0.1) is 21.6 Å². The van der Waals surface area contributed by atoms with Gasteiger partial charge in [0, 0.05) is 42.4 Å². The Morgan fingerprint density at radius 3 is 1.73 bits per heavy atom. The van der Waals surface area contributed by atoms with E-state index < -0.39 is 0 Å². The van der Waals surface area contributed by atoms with E-state index in [9.17, 15) is 0 Å². The van der Waals surface area contributed by atoms with Crippen molar-refractivity contribution in [3.05, 3.63) is 176 Å². The first-order valence-corrected chi connectivity index (χ1v) is 18.9. The molecule has 10 aromatic rings. The van der Waals surface area contributed by atoms with Crippen molar-refractivity contribution < 1.29 is 0 Å². The summed E-state index contributed by atoms with van der Waals surface area (Å²) in [5, 5.41) is 3.39. The fraction of sp³-hybridized carbons (Fsp3) is 0. The molecule has 7 aromatic carbocycles. The summed E-state index contributed by atoms with van der Waals surface area (Å²) in [7, 11) is 0. The fourth-order valence-corrected chi connectivity index (χ4v) is 9.03. The maximum absolute atomic E-state index is 5.33. The van der Waals surface area contributed by atoms with E-state index in [0.29, 0.717) is 5.82 Å². The van der Waals surface area contributed by atoms with Gasteiger partial charge in [0.15, 0.2) is 5.82 Å². The van der Waals surface area contributed by atoms with E-state index in [0.717, 1.165) is 49.7 Å². The Morgan fingerprint density at radius 1 is 0.346 bits per heavy atom. The number of para-hydroxylation sites is 1. The number of fused-ring (bicyclic) bond motifs is 4. The molecule has 0 unspecified atom stereocenters. The Kier molecular flexibility index (Phi) is 7.52. The lowest BCUT2D eigenvalue weighted by molar-refractivity contribution is 1.19. The third kappa shape index (κ3) is 5.57. The molecule has 3 aromatic heterocycles. The average Bonchev–Trinajstić information content (AvgIpc) is 3.83. The smallest absolute Gasteiger partial charge is 0.161 e. The maximum Gasteiger partial charge on any atom is 0.161 e. The molecule has 0 saturated heterocycles. The summed E-state index contributed by atoms with van der Waals surface area (Å²) in [5.41, 5.74) is 11.7. The average molecular weight is 700 g/mol. The van der Waals surface area contributed by atoms with Crippen LogP contribution in [0.25, 0.3) is 97.1 Å². The highest BCUT2D eigenvalue weighted by Crippen LogP contribution is 2.42. The van der Waals surface area contributed by atoms with Gasteiger partial charge in [0.1, 0.15) is 5.01 Å². The van der Waals surface area contributed by atoms with Crippen molar-refractivity contribution in [2.75, 3.05) is 0 Å². The van der Waals surface area contributed by atoms with E-state index in [4.69, 9.17) is 15.0 Å². The second-order valence-corrected chi connectivity index (χ2v) is 14.9. The van der Waals surface area contributed by atoms with E-state index in [2.05, 4.69) is 164 Å². The van der Waals surface area contributed by atoms with Crippen LogP contribution in [0.15, 0.2) is 176 Å². The number of nitrogens with zero attached hydrogens (tertiary/aromatic N) is 3. The lowest BCUT2D eigenvalue weighted by Crippen LogP contribution is -1.96. The molecule has 0 fully saturated rings. The Balaban J connectivity index is 1.15. The highest BCUT2D eigenvalue weighted by Gasteiger charge is 2.18. The fourth-order valence-electron chi connectivity index (χ4n) is 6.96. The summed E-state index contributed by atoms with van der Waals surface area (Å²) in [4.78, 5) is 15.6. The van der Waals surface area contributed by atoms with E-state index in [1.54, 1.807) is 11.3 Å². The number of rotatable bonds is 6. The predicted octanol–water partition coefficient (Wildman–Crippen LogP) is 13.5. The molecule has 5 heteroatoms. The van der Waals surface area contributed by atoms with Gasteiger partial charge in [0.2, 0.25) is 0 Å². The van der Waals surface area contributed by atoms with Crippen LogP contribution in [0.5, 0.6) is 0 Å². The van der Waals surface area contributed by atoms with Crippen molar-refractivity contribution in [2.24, 2.45) is 0 Å². The molecule has 3 heterocycles. The maximum atomic E-state index is 5.33. The van der Waals surface area contributed by atoms with Crippen molar-refractivity contribution in [3.8, 4) is 66.7 Å². The van der Waals surface area contributed by atoms with Gasteiger partial charge in [0.25, 0.3) is 0 Å². The van der Waals surface area contributed by atoms with Crippen LogP contribution in [-0.2, 0) is 0 Å².